The molecule has 0 saturated carbocycles. The monoisotopic (exact) mass is 418 g/mol. The highest BCUT2D eigenvalue weighted by Crippen LogP contribution is 2.22. The van der Waals surface area contributed by atoms with E-state index in [4.69, 9.17) is 5.73 Å². The summed E-state index contributed by atoms with van der Waals surface area (Å²) in [5, 5.41) is 14.3. The summed E-state index contributed by atoms with van der Waals surface area (Å²) in [6.07, 6.45) is -8.25. The molecule has 1 aromatic carbocycles. The fourth-order valence-electron chi connectivity index (χ4n) is 2.36. The highest BCUT2D eigenvalue weighted by molar-refractivity contribution is 5.91. The van der Waals surface area contributed by atoms with Crippen molar-refractivity contribution < 1.29 is 32.7 Å². The second-order valence-electron chi connectivity index (χ2n) is 6.62. The van der Waals surface area contributed by atoms with Crippen LogP contribution in [0.1, 0.15) is 24.4 Å². The van der Waals surface area contributed by atoms with Crippen molar-refractivity contribution in [3.63, 3.8) is 0 Å². The number of likely N-dealkylation sites (N-methyl/N-ethyl adjacent to an activating group) is 1. The van der Waals surface area contributed by atoms with Gasteiger partial charge in [-0.15, -0.1) is 0 Å². The number of nitrogens with two attached hydrogens (primary N) is 1. The SMILES string of the molecule is CN(C)C(=O)[C@@H](NC(=O)CNC(=O)C(O)C(N)CCC(F)(F)F)c1ccccc1. The van der Waals surface area contributed by atoms with Crippen LogP contribution in [0.25, 0.3) is 0 Å². The number of aliphatic hydroxyl groups excluding tert-OH is 1. The lowest BCUT2D eigenvalue weighted by atomic mass is 10.1. The van der Waals surface area contributed by atoms with E-state index in [0.717, 1.165) is 0 Å². The molecule has 0 aromatic heterocycles. The van der Waals surface area contributed by atoms with Crippen LogP contribution in [0.3, 0.4) is 0 Å². The van der Waals surface area contributed by atoms with Crippen LogP contribution in [0.4, 0.5) is 13.2 Å². The van der Waals surface area contributed by atoms with Crippen molar-refractivity contribution >= 4 is 17.7 Å². The Morgan fingerprint density at radius 1 is 1.17 bits per heavy atom. The van der Waals surface area contributed by atoms with Gasteiger partial charge >= 0.3 is 6.18 Å². The third-order valence-corrected chi connectivity index (χ3v) is 3.98. The minimum Gasteiger partial charge on any atom is -0.382 e. The van der Waals surface area contributed by atoms with Gasteiger partial charge in [0.2, 0.25) is 11.8 Å². The first kappa shape index (κ1) is 24.4. The van der Waals surface area contributed by atoms with E-state index in [1.807, 2.05) is 0 Å². The zero-order valence-corrected chi connectivity index (χ0v) is 16.1. The largest absolute Gasteiger partial charge is 0.389 e. The third kappa shape index (κ3) is 8.48. The van der Waals surface area contributed by atoms with Crippen LogP contribution in [0.5, 0.6) is 0 Å². The number of carbonyl (C=O) groups excluding carboxylic acids is 3. The number of aliphatic hydroxyl groups is 1. The molecule has 0 heterocycles. The van der Waals surface area contributed by atoms with Crippen molar-refractivity contribution in [3.8, 4) is 0 Å². The van der Waals surface area contributed by atoms with Gasteiger partial charge in [0.1, 0.15) is 12.1 Å². The van der Waals surface area contributed by atoms with Crippen LogP contribution in [-0.4, -0.2) is 66.7 Å². The standard InChI is InChI=1S/C18H25F3N4O4/c1-25(2)17(29)14(11-6-4-3-5-7-11)24-13(26)10-23-16(28)15(27)12(22)8-9-18(19,20)21/h3-7,12,14-15,27H,8-10,22H2,1-2H3,(H,23,28)(H,24,26)/t12?,14-,15?/m0/s1. The van der Waals surface area contributed by atoms with Crippen LogP contribution >= 0.6 is 0 Å². The van der Waals surface area contributed by atoms with Crippen LogP contribution in [0.2, 0.25) is 0 Å². The molecule has 0 aliphatic carbocycles. The average Bonchev–Trinajstić information content (AvgIpc) is 2.67. The molecule has 5 N–H and O–H groups in total. The van der Waals surface area contributed by atoms with Gasteiger partial charge in [-0.3, -0.25) is 14.4 Å². The number of amides is 3. The molecular formula is C18H25F3N4O4. The van der Waals surface area contributed by atoms with Crippen LogP contribution < -0.4 is 16.4 Å². The molecule has 0 bridgehead atoms. The van der Waals surface area contributed by atoms with Gasteiger partial charge in [0.05, 0.1) is 6.54 Å². The molecule has 11 heteroatoms. The summed E-state index contributed by atoms with van der Waals surface area (Å²) < 4.78 is 36.6. The second kappa shape index (κ2) is 10.8. The maximum atomic E-state index is 12.3. The molecule has 0 saturated heterocycles. The van der Waals surface area contributed by atoms with Gasteiger partial charge in [-0.2, -0.15) is 13.2 Å². The zero-order chi connectivity index (χ0) is 22.2. The number of nitrogens with zero attached hydrogens (tertiary/aromatic N) is 1. The molecule has 0 aliphatic rings. The summed E-state index contributed by atoms with van der Waals surface area (Å²) in [5.41, 5.74) is 5.93. The maximum Gasteiger partial charge on any atom is 0.389 e. The van der Waals surface area contributed by atoms with Crippen LogP contribution in [0.15, 0.2) is 30.3 Å². The first-order valence-corrected chi connectivity index (χ1v) is 8.76. The number of rotatable bonds is 9. The molecule has 1 rings (SSSR count). The Hall–Kier alpha value is -2.66. The molecule has 2 unspecified atom stereocenters. The molecule has 0 fully saturated rings. The highest BCUT2D eigenvalue weighted by atomic mass is 19.4. The van der Waals surface area contributed by atoms with E-state index in [1.165, 1.54) is 19.0 Å². The topological polar surface area (TPSA) is 125 Å². The summed E-state index contributed by atoms with van der Waals surface area (Å²) >= 11 is 0. The van der Waals surface area contributed by atoms with Gasteiger partial charge in [0.25, 0.3) is 5.91 Å². The van der Waals surface area contributed by atoms with Gasteiger partial charge in [-0.1, -0.05) is 30.3 Å². The van der Waals surface area contributed by atoms with Crippen molar-refractivity contribution in [1.29, 1.82) is 0 Å². The number of halogens is 3. The molecule has 8 nitrogen and oxygen atoms in total. The summed E-state index contributed by atoms with van der Waals surface area (Å²) in [5.74, 6) is -2.20. The summed E-state index contributed by atoms with van der Waals surface area (Å²) in [6.45, 7) is -0.591. The molecule has 1 aromatic rings. The Morgan fingerprint density at radius 2 is 1.76 bits per heavy atom. The van der Waals surface area contributed by atoms with Gasteiger partial charge in [-0.05, 0) is 12.0 Å². The Kier molecular flexibility index (Phi) is 9.05. The van der Waals surface area contributed by atoms with E-state index < -0.39 is 61.5 Å². The fourth-order valence-corrected chi connectivity index (χ4v) is 2.36. The van der Waals surface area contributed by atoms with Crippen molar-refractivity contribution in [1.82, 2.24) is 15.5 Å². The molecule has 0 spiro atoms. The van der Waals surface area contributed by atoms with Crippen LogP contribution in [-0.2, 0) is 14.4 Å². The third-order valence-electron chi connectivity index (χ3n) is 3.98. The molecule has 0 radical (unpaired) electrons. The number of alkyl halides is 3. The number of hydrogen-bond acceptors (Lipinski definition) is 5. The van der Waals surface area contributed by atoms with Gasteiger partial charge in [0, 0.05) is 26.6 Å². The highest BCUT2D eigenvalue weighted by Gasteiger charge is 2.31. The Morgan fingerprint density at radius 3 is 2.28 bits per heavy atom. The molecule has 3 atom stereocenters. The lowest BCUT2D eigenvalue weighted by molar-refractivity contribution is -0.141. The van der Waals surface area contributed by atoms with Crippen molar-refractivity contribution in [2.24, 2.45) is 5.73 Å². The molecule has 162 valence electrons. The summed E-state index contributed by atoms with van der Waals surface area (Å²) in [4.78, 5) is 37.6. The van der Waals surface area contributed by atoms with E-state index >= 15 is 0 Å². The minimum atomic E-state index is -4.46. The predicted octanol–water partition coefficient (Wildman–Crippen LogP) is 0.0790. The minimum absolute atomic E-state index is 0.398. The van der Waals surface area contributed by atoms with Crippen molar-refractivity contribution in [2.45, 2.75) is 37.2 Å². The molecule has 3 amide bonds. The van der Waals surface area contributed by atoms with Crippen molar-refractivity contribution in [3.05, 3.63) is 35.9 Å². The average molecular weight is 418 g/mol. The normalized spacial score (nSPS) is 14.4. The predicted molar refractivity (Wildman–Crippen MR) is 98.3 cm³/mol. The lowest BCUT2D eigenvalue weighted by Crippen LogP contribution is -2.50. The number of benzene rings is 1. The van der Waals surface area contributed by atoms with E-state index in [9.17, 15) is 32.7 Å². The van der Waals surface area contributed by atoms with E-state index in [-0.39, 0.29) is 0 Å². The van der Waals surface area contributed by atoms with E-state index in [1.54, 1.807) is 30.3 Å². The molecule has 29 heavy (non-hydrogen) atoms. The van der Waals surface area contributed by atoms with Crippen molar-refractivity contribution in [2.75, 3.05) is 20.6 Å². The number of carbonyl (C=O) groups is 3. The lowest BCUT2D eigenvalue weighted by Gasteiger charge is -2.23. The number of nitrogens with one attached hydrogen (secondary N) is 2. The Labute approximate surface area is 166 Å². The summed E-state index contributed by atoms with van der Waals surface area (Å²) in [7, 11) is 3.04. The number of hydrogen-bond donors (Lipinski definition) is 4. The second-order valence-corrected chi connectivity index (χ2v) is 6.62. The van der Waals surface area contributed by atoms with E-state index in [0.29, 0.717) is 5.56 Å². The molecule has 0 aliphatic heterocycles. The maximum absolute atomic E-state index is 12.3. The Bertz CT molecular complexity index is 698. The first-order chi connectivity index (χ1) is 13.4. The fraction of sp³-hybridized carbons (Fsp3) is 0.500. The Balaban J connectivity index is 2.63. The van der Waals surface area contributed by atoms with Crippen LogP contribution in [0, 0.1) is 0 Å². The molecular weight excluding hydrogens is 393 g/mol. The zero-order valence-electron chi connectivity index (χ0n) is 16.1. The quantitative estimate of drug-likeness (QED) is 0.452. The van der Waals surface area contributed by atoms with Gasteiger partial charge in [0.15, 0.2) is 0 Å². The van der Waals surface area contributed by atoms with E-state index in [2.05, 4.69) is 10.6 Å². The smallest absolute Gasteiger partial charge is 0.382 e. The van der Waals surface area contributed by atoms with Gasteiger partial charge in [-0.25, -0.2) is 0 Å². The first-order valence-electron chi connectivity index (χ1n) is 8.76. The van der Waals surface area contributed by atoms with Gasteiger partial charge < -0.3 is 26.4 Å². The summed E-state index contributed by atoms with van der Waals surface area (Å²) in [6, 6.07) is 5.99.